The summed E-state index contributed by atoms with van der Waals surface area (Å²) in [6.07, 6.45) is 106. The summed E-state index contributed by atoms with van der Waals surface area (Å²) in [5, 5.41) is 0. The second kappa shape index (κ2) is 78.2. The van der Waals surface area contributed by atoms with Crippen LogP contribution in [0.3, 0.4) is 0 Å². The smallest absolute Gasteiger partial charge is 0.462 e. The maximum atomic E-state index is 12.8. The molecule has 542 valence electrons. The van der Waals surface area contributed by atoms with Gasteiger partial charge in [0.15, 0.2) is 6.10 Å². The Morgan fingerprint density at radius 2 is 0.591 bits per heavy atom. The second-order valence-electron chi connectivity index (χ2n) is 26.9. The van der Waals surface area contributed by atoms with Gasteiger partial charge in [-0.25, -0.2) is 4.57 Å². The molecule has 2 atom stereocenters. The molecule has 0 rings (SSSR count). The van der Waals surface area contributed by atoms with Gasteiger partial charge in [-0.2, -0.15) is 0 Å². The van der Waals surface area contributed by atoms with Crippen molar-refractivity contribution in [2.24, 2.45) is 5.73 Å². The van der Waals surface area contributed by atoms with Crippen molar-refractivity contribution in [1.29, 1.82) is 0 Å². The Morgan fingerprint density at radius 3 is 0.882 bits per heavy atom. The summed E-state index contributed by atoms with van der Waals surface area (Å²) in [6, 6.07) is 0. The number of ether oxygens (including phenoxy) is 2. The minimum atomic E-state index is -4.40. The Bertz CT molecular complexity index is 1810. The number of carbonyl (C=O) groups excluding carboxylic acids is 2. The third kappa shape index (κ3) is 78.1. The van der Waals surface area contributed by atoms with Crippen LogP contribution in [-0.2, 0) is 32.7 Å². The molecule has 10 heteroatoms. The van der Waals surface area contributed by atoms with Crippen molar-refractivity contribution in [1.82, 2.24) is 0 Å². The number of phosphoric acid groups is 1. The Kier molecular flexibility index (Phi) is 75.8. The molecule has 0 aromatic heterocycles. The summed E-state index contributed by atoms with van der Waals surface area (Å²) in [4.78, 5) is 35.5. The minimum Gasteiger partial charge on any atom is -0.462 e. The number of esters is 2. The van der Waals surface area contributed by atoms with Gasteiger partial charge in [-0.3, -0.25) is 18.6 Å². The molecule has 0 radical (unpaired) electrons. The third-order valence-corrected chi connectivity index (χ3v) is 18.8. The topological polar surface area (TPSA) is 134 Å². The highest BCUT2D eigenvalue weighted by molar-refractivity contribution is 7.47. The fourth-order valence-corrected chi connectivity index (χ4v) is 12.7. The minimum absolute atomic E-state index is 0.0533. The van der Waals surface area contributed by atoms with Crippen LogP contribution in [0.2, 0.25) is 0 Å². The fraction of sp³-hybridized carbons (Fsp3) is 0.807. The van der Waals surface area contributed by atoms with E-state index < -0.39 is 26.5 Å². The van der Waals surface area contributed by atoms with E-state index in [9.17, 15) is 19.0 Å². The number of carbonyl (C=O) groups is 2. The number of rotatable bonds is 76. The quantitative estimate of drug-likeness (QED) is 0.0264. The van der Waals surface area contributed by atoms with Crippen LogP contribution in [0.1, 0.15) is 399 Å². The van der Waals surface area contributed by atoms with E-state index in [1.807, 2.05) is 0 Å². The van der Waals surface area contributed by atoms with Crippen molar-refractivity contribution in [2.75, 3.05) is 26.4 Å². The van der Waals surface area contributed by atoms with E-state index in [2.05, 4.69) is 98.9 Å². The number of phosphoric ester groups is 1. The maximum Gasteiger partial charge on any atom is 0.472 e. The molecule has 0 fully saturated rings. The molecule has 2 unspecified atom stereocenters. The highest BCUT2D eigenvalue weighted by Crippen LogP contribution is 2.43. The molecule has 0 aromatic carbocycles. The van der Waals surface area contributed by atoms with E-state index in [1.54, 1.807) is 0 Å². The van der Waals surface area contributed by atoms with Crippen molar-refractivity contribution in [3.8, 4) is 0 Å². The Balaban J connectivity index is 3.79. The molecular formula is C83H152NO8P. The highest BCUT2D eigenvalue weighted by atomic mass is 31.2. The Hall–Kier alpha value is -2.81. The zero-order valence-corrected chi connectivity index (χ0v) is 62.1. The number of allylic oxidation sites excluding steroid dienone is 14. The molecule has 93 heavy (non-hydrogen) atoms. The van der Waals surface area contributed by atoms with Gasteiger partial charge in [0, 0.05) is 19.4 Å². The predicted octanol–water partition coefficient (Wildman–Crippen LogP) is 26.9. The van der Waals surface area contributed by atoms with Gasteiger partial charge < -0.3 is 20.1 Å². The summed E-state index contributed by atoms with van der Waals surface area (Å²) in [7, 11) is -4.40. The predicted molar refractivity (Wildman–Crippen MR) is 404 cm³/mol. The zero-order chi connectivity index (χ0) is 67.2. The largest absolute Gasteiger partial charge is 0.472 e. The van der Waals surface area contributed by atoms with Gasteiger partial charge in [-0.05, 0) is 70.6 Å². The second-order valence-corrected chi connectivity index (χ2v) is 28.4. The van der Waals surface area contributed by atoms with Crippen molar-refractivity contribution in [2.45, 2.75) is 405 Å². The molecule has 0 aliphatic carbocycles. The van der Waals surface area contributed by atoms with Crippen LogP contribution in [0, 0.1) is 0 Å². The summed E-state index contributed by atoms with van der Waals surface area (Å²) >= 11 is 0. The highest BCUT2D eigenvalue weighted by Gasteiger charge is 2.26. The van der Waals surface area contributed by atoms with E-state index in [4.69, 9.17) is 24.3 Å². The van der Waals surface area contributed by atoms with E-state index in [0.717, 1.165) is 83.5 Å². The molecule has 0 aliphatic rings. The Labute approximate surface area is 576 Å². The lowest BCUT2D eigenvalue weighted by molar-refractivity contribution is -0.161. The summed E-state index contributed by atoms with van der Waals surface area (Å²) in [5.41, 5.74) is 5.42. The molecule has 3 N–H and O–H groups in total. The summed E-state index contributed by atoms with van der Waals surface area (Å²) < 4.78 is 33.3. The lowest BCUT2D eigenvalue weighted by Crippen LogP contribution is -2.29. The molecule has 0 amide bonds. The monoisotopic (exact) mass is 1320 g/mol. The first-order chi connectivity index (χ1) is 45.8. The van der Waals surface area contributed by atoms with Gasteiger partial charge in [0.25, 0.3) is 0 Å². The molecule has 0 heterocycles. The van der Waals surface area contributed by atoms with Crippen molar-refractivity contribution in [3.63, 3.8) is 0 Å². The van der Waals surface area contributed by atoms with Gasteiger partial charge in [0.1, 0.15) is 6.61 Å². The normalized spacial score (nSPS) is 13.3. The van der Waals surface area contributed by atoms with Gasteiger partial charge >= 0.3 is 19.8 Å². The SMILES string of the molecule is CC/C=C\C/C=C\C/C=C\C/C=C\C/C=C\C/C=C\C/C=C\CCCCCCCCCCCCCCCCCC(=O)OC(COC(=O)CCCCCCCCCCCCCCCCCCCCCCCCCCCCCCCCCCCCC)COP(=O)(O)OCCN. The number of nitrogens with two attached hydrogens (primary N) is 1. The van der Waals surface area contributed by atoms with Crippen molar-refractivity contribution in [3.05, 3.63) is 85.1 Å². The standard InChI is InChI=1S/C83H152NO8P/c1-3-5-7-9-11-13-15-17-19-21-23-25-27-29-31-33-35-37-39-40-42-44-46-48-50-52-54-56-58-60-62-64-66-68-70-72-74-76-83(86)92-81(80-91-93(87,88)90-78-77-84)79-89-82(85)75-73-71-69-67-65-63-61-59-57-55-53-51-49-47-45-43-41-38-36-34-32-30-28-26-24-22-20-18-16-14-12-10-8-6-4-2/h5,7,11,13,17,19,23,25,29,31,35,37,40,42,81H,3-4,6,8-10,12,14-16,18,20-22,24,26-28,30,32-34,36,38-39,41,43-80,84H2,1-2H3,(H,87,88)/b7-5-,13-11-,19-17-,25-23-,31-29-,37-35-,42-40-. The molecule has 0 saturated heterocycles. The first-order valence-corrected chi connectivity index (χ1v) is 41.6. The molecular weight excluding hydrogens is 1170 g/mol. The van der Waals surface area contributed by atoms with E-state index in [-0.39, 0.29) is 38.6 Å². The average molecular weight is 1320 g/mol. The molecule has 0 spiro atoms. The number of hydrogen-bond acceptors (Lipinski definition) is 8. The summed E-state index contributed by atoms with van der Waals surface area (Å²) in [6.45, 7) is 3.70. The molecule has 0 saturated carbocycles. The number of hydrogen-bond donors (Lipinski definition) is 2. The fourth-order valence-electron chi connectivity index (χ4n) is 11.9. The molecule has 0 bridgehead atoms. The van der Waals surface area contributed by atoms with E-state index >= 15 is 0 Å². The summed E-state index contributed by atoms with van der Waals surface area (Å²) in [5.74, 6) is -0.810. The van der Waals surface area contributed by atoms with Crippen molar-refractivity contribution < 1.29 is 37.6 Å². The maximum absolute atomic E-state index is 12.8. The van der Waals surface area contributed by atoms with Gasteiger partial charge in [0.2, 0.25) is 0 Å². The first kappa shape index (κ1) is 90.2. The molecule has 0 aliphatic heterocycles. The first-order valence-electron chi connectivity index (χ1n) is 40.1. The van der Waals surface area contributed by atoms with Crippen molar-refractivity contribution >= 4 is 19.8 Å². The van der Waals surface area contributed by atoms with Gasteiger partial charge in [-0.15, -0.1) is 0 Å². The van der Waals surface area contributed by atoms with E-state index in [0.29, 0.717) is 6.42 Å². The lowest BCUT2D eigenvalue weighted by atomic mass is 10.0. The Morgan fingerprint density at radius 1 is 0.333 bits per heavy atom. The molecule has 0 aromatic rings. The van der Waals surface area contributed by atoms with Crippen LogP contribution in [-0.4, -0.2) is 49.3 Å². The van der Waals surface area contributed by atoms with Crippen LogP contribution in [0.15, 0.2) is 85.1 Å². The lowest BCUT2D eigenvalue weighted by Gasteiger charge is -2.19. The van der Waals surface area contributed by atoms with Crippen LogP contribution < -0.4 is 5.73 Å². The van der Waals surface area contributed by atoms with Crippen LogP contribution in [0.25, 0.3) is 0 Å². The average Bonchev–Trinajstić information content (AvgIpc) is 3.04. The zero-order valence-electron chi connectivity index (χ0n) is 61.2. The third-order valence-electron chi connectivity index (χ3n) is 17.8. The van der Waals surface area contributed by atoms with E-state index in [1.165, 1.54) is 283 Å². The number of unbranched alkanes of at least 4 members (excludes halogenated alkanes) is 49. The van der Waals surface area contributed by atoms with Gasteiger partial charge in [-0.1, -0.05) is 401 Å². The van der Waals surface area contributed by atoms with Crippen LogP contribution in [0.5, 0.6) is 0 Å². The molecule has 9 nitrogen and oxygen atoms in total. The van der Waals surface area contributed by atoms with Gasteiger partial charge in [0.05, 0.1) is 13.2 Å². The van der Waals surface area contributed by atoms with Crippen LogP contribution in [0.4, 0.5) is 0 Å². The van der Waals surface area contributed by atoms with Crippen LogP contribution >= 0.6 is 7.82 Å².